The number of ether oxygens (including phenoxy) is 4. The molecule has 288 valence electrons. The van der Waals surface area contributed by atoms with E-state index in [0.717, 1.165) is 4.90 Å². The third kappa shape index (κ3) is 8.80. The van der Waals surface area contributed by atoms with E-state index in [2.05, 4.69) is 5.32 Å². The van der Waals surface area contributed by atoms with Crippen LogP contribution in [0, 0.1) is 0 Å². The number of esters is 1. The van der Waals surface area contributed by atoms with Crippen molar-refractivity contribution in [1.29, 1.82) is 0 Å². The molecule has 3 amide bonds. The summed E-state index contributed by atoms with van der Waals surface area (Å²) in [5, 5.41) is 1.42. The number of hydrogen-bond donors (Lipinski definition) is 1. The van der Waals surface area contributed by atoms with Crippen molar-refractivity contribution in [2.75, 3.05) is 17.2 Å². The summed E-state index contributed by atoms with van der Waals surface area (Å²) in [5.74, 6) is -2.12. The van der Waals surface area contributed by atoms with Crippen LogP contribution in [0.25, 0.3) is 0 Å². The lowest BCUT2D eigenvalue weighted by atomic mass is 10.00. The summed E-state index contributed by atoms with van der Waals surface area (Å²) in [4.78, 5) is 70.0. The van der Waals surface area contributed by atoms with Gasteiger partial charge < -0.3 is 29.2 Å². The standard InChI is InChI=1S/C41H43N3O10S/c1-40(2,3)53-38(48)42-31-35(46)44-32(37(47)52-33(25-15-9-7-10-16-25)26-17-11-8-12-18-26)28(24-55(50)36(31)44)23-27-21-22-43(34(27)45)29-19-13-14-20-30(29)51-39(49)54-41(4,5)6/h7-20,23,31,33,36H,21-22,24H2,1-6H3,(H,42,48)/b27-23+/t31-,36-,55+/m1/s1. The van der Waals surface area contributed by atoms with Crippen LogP contribution in [0.3, 0.4) is 0 Å². The first kappa shape index (κ1) is 38.9. The van der Waals surface area contributed by atoms with Crippen LogP contribution in [0.2, 0.25) is 0 Å². The zero-order valence-electron chi connectivity index (χ0n) is 31.4. The maximum atomic E-state index is 14.4. The van der Waals surface area contributed by atoms with Crippen molar-refractivity contribution < 1.29 is 47.1 Å². The number of benzene rings is 3. The average Bonchev–Trinajstić information content (AvgIpc) is 3.47. The number of carbonyl (C=O) groups excluding carboxylic acids is 5. The van der Waals surface area contributed by atoms with Gasteiger partial charge in [0.05, 0.1) is 22.2 Å². The summed E-state index contributed by atoms with van der Waals surface area (Å²) in [6, 6.07) is 23.5. The summed E-state index contributed by atoms with van der Waals surface area (Å²) in [6.45, 7) is 10.3. The van der Waals surface area contributed by atoms with Crippen molar-refractivity contribution in [3.8, 4) is 5.75 Å². The van der Waals surface area contributed by atoms with Gasteiger partial charge in [0.15, 0.2) is 11.9 Å². The van der Waals surface area contributed by atoms with Crippen molar-refractivity contribution >= 4 is 46.5 Å². The summed E-state index contributed by atoms with van der Waals surface area (Å²) in [6.07, 6.45) is -0.983. The Balaban J connectivity index is 1.36. The minimum atomic E-state index is -1.82. The molecule has 3 aromatic rings. The smallest absolute Gasteiger partial charge is 0.448 e. The molecule has 14 heteroatoms. The number of nitrogens with one attached hydrogen (secondary N) is 1. The van der Waals surface area contributed by atoms with Gasteiger partial charge in [-0.25, -0.2) is 14.4 Å². The van der Waals surface area contributed by atoms with Crippen molar-refractivity contribution in [3.05, 3.63) is 119 Å². The predicted molar refractivity (Wildman–Crippen MR) is 203 cm³/mol. The molecule has 55 heavy (non-hydrogen) atoms. The number of para-hydroxylation sites is 2. The van der Waals surface area contributed by atoms with E-state index < -0.39 is 69.6 Å². The second-order valence-corrected chi connectivity index (χ2v) is 16.7. The largest absolute Gasteiger partial charge is 0.514 e. The fourth-order valence-corrected chi connectivity index (χ4v) is 8.03. The fraction of sp³-hybridized carbons (Fsp3) is 0.341. The molecular weight excluding hydrogens is 727 g/mol. The first-order valence-corrected chi connectivity index (χ1v) is 19.1. The molecule has 6 rings (SSSR count). The average molecular weight is 770 g/mol. The molecule has 3 heterocycles. The van der Waals surface area contributed by atoms with Gasteiger partial charge in [0, 0.05) is 12.1 Å². The highest BCUT2D eigenvalue weighted by molar-refractivity contribution is 7.86. The van der Waals surface area contributed by atoms with Crippen LogP contribution >= 0.6 is 0 Å². The van der Waals surface area contributed by atoms with Crippen LogP contribution in [-0.2, 0) is 39.4 Å². The third-order valence-corrected chi connectivity index (χ3v) is 10.3. The first-order chi connectivity index (χ1) is 26.0. The zero-order valence-corrected chi connectivity index (χ0v) is 32.2. The highest BCUT2D eigenvalue weighted by Gasteiger charge is 2.58. The fourth-order valence-electron chi connectivity index (χ4n) is 6.40. The lowest BCUT2D eigenvalue weighted by molar-refractivity contribution is -0.153. The molecule has 0 radical (unpaired) electrons. The number of amides is 3. The third-order valence-electron chi connectivity index (χ3n) is 8.66. The van der Waals surface area contributed by atoms with E-state index in [-0.39, 0.29) is 41.3 Å². The molecular formula is C41H43N3O10S. The second-order valence-electron chi connectivity index (χ2n) is 15.1. The molecule has 0 aromatic heterocycles. The first-order valence-electron chi connectivity index (χ1n) is 17.8. The molecule has 0 unspecified atom stereocenters. The molecule has 0 aliphatic carbocycles. The molecule has 3 aliphatic rings. The molecule has 3 aromatic carbocycles. The Labute approximate surface area is 321 Å². The molecule has 2 saturated heterocycles. The molecule has 13 nitrogen and oxygen atoms in total. The van der Waals surface area contributed by atoms with Crippen molar-refractivity contribution in [1.82, 2.24) is 10.2 Å². The quantitative estimate of drug-likeness (QED) is 0.0937. The van der Waals surface area contributed by atoms with Gasteiger partial charge in [0.2, 0.25) is 0 Å². The maximum Gasteiger partial charge on any atom is 0.514 e. The van der Waals surface area contributed by atoms with Gasteiger partial charge in [-0.05, 0) is 82.9 Å². The van der Waals surface area contributed by atoms with E-state index in [0.29, 0.717) is 16.8 Å². The van der Waals surface area contributed by atoms with Crippen molar-refractivity contribution in [2.24, 2.45) is 0 Å². The Bertz CT molecular complexity index is 2050. The van der Waals surface area contributed by atoms with Gasteiger partial charge >= 0.3 is 18.2 Å². The number of anilines is 1. The second kappa shape index (κ2) is 15.5. The van der Waals surface area contributed by atoms with Gasteiger partial charge in [-0.15, -0.1) is 0 Å². The van der Waals surface area contributed by atoms with Crippen LogP contribution in [-0.4, -0.2) is 74.1 Å². The van der Waals surface area contributed by atoms with Gasteiger partial charge in [-0.1, -0.05) is 72.8 Å². The number of fused-ring (bicyclic) bond motifs is 1. The minimum absolute atomic E-state index is 0.110. The Morgan fingerprint density at radius 1 is 0.836 bits per heavy atom. The monoisotopic (exact) mass is 769 g/mol. The van der Waals surface area contributed by atoms with E-state index >= 15 is 0 Å². The number of allylic oxidation sites excluding steroid dienone is 1. The number of rotatable bonds is 8. The minimum Gasteiger partial charge on any atom is -0.448 e. The van der Waals surface area contributed by atoms with Gasteiger partial charge in [-0.2, -0.15) is 0 Å². The Kier molecular flexibility index (Phi) is 11.0. The lowest BCUT2D eigenvalue weighted by Gasteiger charge is -2.49. The maximum absolute atomic E-state index is 14.4. The summed E-state index contributed by atoms with van der Waals surface area (Å²) < 4.78 is 36.2. The van der Waals surface area contributed by atoms with E-state index in [9.17, 15) is 28.2 Å². The van der Waals surface area contributed by atoms with E-state index in [4.69, 9.17) is 18.9 Å². The van der Waals surface area contributed by atoms with Gasteiger partial charge in [0.1, 0.15) is 28.3 Å². The lowest BCUT2D eigenvalue weighted by Crippen LogP contribution is -2.73. The molecule has 3 aliphatic heterocycles. The van der Waals surface area contributed by atoms with Gasteiger partial charge in [0.25, 0.3) is 11.8 Å². The van der Waals surface area contributed by atoms with Crippen LogP contribution in [0.4, 0.5) is 15.3 Å². The molecule has 1 N–H and O–H groups in total. The number of β-lactam (4-membered cyclic amide) rings is 1. The normalized spacial score (nSPS) is 20.6. The van der Waals surface area contributed by atoms with Crippen LogP contribution in [0.15, 0.2) is 108 Å². The van der Waals surface area contributed by atoms with Crippen LogP contribution in [0.1, 0.15) is 65.2 Å². The molecule has 0 saturated carbocycles. The molecule has 0 spiro atoms. The Morgan fingerprint density at radius 3 is 2.02 bits per heavy atom. The number of nitrogens with zero attached hydrogens (tertiary/aromatic N) is 2. The van der Waals surface area contributed by atoms with E-state index in [1.807, 2.05) is 60.7 Å². The molecule has 3 atom stereocenters. The van der Waals surface area contributed by atoms with E-state index in [1.54, 1.807) is 65.8 Å². The highest BCUT2D eigenvalue weighted by atomic mass is 32.2. The number of hydrogen-bond acceptors (Lipinski definition) is 10. The van der Waals surface area contributed by atoms with Gasteiger partial charge in [-0.3, -0.25) is 18.7 Å². The van der Waals surface area contributed by atoms with Crippen molar-refractivity contribution in [3.63, 3.8) is 0 Å². The zero-order chi connectivity index (χ0) is 39.7. The summed E-state index contributed by atoms with van der Waals surface area (Å²) in [7, 11) is -1.82. The number of alkyl carbamates (subject to hydrolysis) is 1. The van der Waals surface area contributed by atoms with Crippen LogP contribution in [0.5, 0.6) is 5.75 Å². The SMILES string of the molecule is CC(C)(C)OC(=O)N[C@@H]1C(=O)N2C(C(=O)OC(c3ccccc3)c3ccccc3)=C(/C=C3\CCN(c4ccccc4OC(=O)OC(C)(C)C)C3=O)C[S@](=O)[C@H]12. The Hall–Kier alpha value is -5.76. The predicted octanol–water partition coefficient (Wildman–Crippen LogP) is 6.07. The Morgan fingerprint density at radius 2 is 1.42 bits per heavy atom. The van der Waals surface area contributed by atoms with Crippen LogP contribution < -0.4 is 15.0 Å². The highest BCUT2D eigenvalue weighted by Crippen LogP contribution is 2.39. The van der Waals surface area contributed by atoms with Crippen molar-refractivity contribution in [2.45, 2.75) is 76.7 Å². The number of carbonyl (C=O) groups is 5. The topological polar surface area (TPSA) is 158 Å². The molecule has 2 fully saturated rings. The molecule has 0 bridgehead atoms. The van der Waals surface area contributed by atoms with E-state index in [1.165, 1.54) is 11.0 Å². The summed E-state index contributed by atoms with van der Waals surface area (Å²) >= 11 is 0. The summed E-state index contributed by atoms with van der Waals surface area (Å²) in [5.41, 5.74) is 0.256.